The van der Waals surface area contributed by atoms with Gasteiger partial charge in [0.25, 0.3) is 0 Å². The summed E-state index contributed by atoms with van der Waals surface area (Å²) in [7, 11) is 0. The molecule has 0 bridgehead atoms. The zero-order chi connectivity index (χ0) is 17.6. The maximum absolute atomic E-state index is 11.0. The van der Waals surface area contributed by atoms with Crippen LogP contribution in [-0.2, 0) is 11.3 Å². The van der Waals surface area contributed by atoms with Crippen molar-refractivity contribution in [3.05, 3.63) is 65.2 Å². The van der Waals surface area contributed by atoms with Crippen LogP contribution in [0, 0.1) is 0 Å². The van der Waals surface area contributed by atoms with E-state index in [0.29, 0.717) is 12.5 Å². The lowest BCUT2D eigenvalue weighted by Gasteiger charge is -2.34. The number of piperidine rings is 1. The first-order valence-electron chi connectivity index (χ1n) is 8.79. The topological polar surface area (TPSA) is 49.4 Å². The molecule has 4 nitrogen and oxygen atoms in total. The lowest BCUT2D eigenvalue weighted by molar-refractivity contribution is -0.119. The number of carbonyl (C=O) groups is 2. The molecule has 1 aliphatic rings. The van der Waals surface area contributed by atoms with Crippen molar-refractivity contribution in [2.75, 3.05) is 18.0 Å². The summed E-state index contributed by atoms with van der Waals surface area (Å²) in [6, 6.07) is 16.4. The highest BCUT2D eigenvalue weighted by molar-refractivity contribution is 5.77. The molecule has 1 aliphatic heterocycles. The average Bonchev–Trinajstić information content (AvgIpc) is 2.67. The summed E-state index contributed by atoms with van der Waals surface area (Å²) in [6.07, 6.45) is 3.12. The minimum Gasteiger partial charge on any atom is -0.371 e. The molecule has 0 saturated carbocycles. The summed E-state index contributed by atoms with van der Waals surface area (Å²) in [5.41, 5.74) is 4.36. The van der Waals surface area contributed by atoms with Gasteiger partial charge in [0.05, 0.1) is 0 Å². The van der Waals surface area contributed by atoms with Gasteiger partial charge < -0.3 is 10.2 Å². The normalized spacial score (nSPS) is 15.0. The standard InChI is InChI=1S/C21H24N2O2/c1-16(25)22-14-17-5-7-19(8-6-17)20-9-11-23(12-10-20)21-4-2-3-18(13-21)15-24/h2-8,13,15,20H,9-12,14H2,1H3,(H,22,25). The smallest absolute Gasteiger partial charge is 0.217 e. The van der Waals surface area contributed by atoms with E-state index in [0.717, 1.165) is 49.0 Å². The molecule has 1 heterocycles. The number of rotatable bonds is 5. The molecule has 2 aromatic rings. The van der Waals surface area contributed by atoms with Gasteiger partial charge in [-0.25, -0.2) is 0 Å². The first-order chi connectivity index (χ1) is 12.2. The second-order valence-electron chi connectivity index (χ2n) is 6.63. The summed E-state index contributed by atoms with van der Waals surface area (Å²) in [6.45, 7) is 4.12. The van der Waals surface area contributed by atoms with Crippen LogP contribution in [0.4, 0.5) is 5.69 Å². The molecule has 0 aromatic heterocycles. The Balaban J connectivity index is 1.58. The van der Waals surface area contributed by atoms with Crippen LogP contribution in [-0.4, -0.2) is 25.3 Å². The van der Waals surface area contributed by atoms with E-state index in [9.17, 15) is 9.59 Å². The zero-order valence-electron chi connectivity index (χ0n) is 14.6. The average molecular weight is 336 g/mol. The molecule has 3 rings (SSSR count). The minimum atomic E-state index is -0.00454. The van der Waals surface area contributed by atoms with Crippen molar-refractivity contribution >= 4 is 17.9 Å². The third-order valence-electron chi connectivity index (χ3n) is 4.86. The van der Waals surface area contributed by atoms with Crippen LogP contribution in [0.1, 0.15) is 47.2 Å². The van der Waals surface area contributed by atoms with Gasteiger partial charge in [0.2, 0.25) is 5.91 Å². The van der Waals surface area contributed by atoms with Crippen molar-refractivity contribution in [3.8, 4) is 0 Å². The Morgan fingerprint density at radius 3 is 2.52 bits per heavy atom. The van der Waals surface area contributed by atoms with Gasteiger partial charge in [-0.15, -0.1) is 0 Å². The number of hydrogen-bond donors (Lipinski definition) is 1. The highest BCUT2D eigenvalue weighted by atomic mass is 16.1. The van der Waals surface area contributed by atoms with Crippen molar-refractivity contribution < 1.29 is 9.59 Å². The number of amides is 1. The lowest BCUT2D eigenvalue weighted by Crippen LogP contribution is -2.32. The molecule has 2 aromatic carbocycles. The van der Waals surface area contributed by atoms with Crippen LogP contribution in [0.5, 0.6) is 0 Å². The van der Waals surface area contributed by atoms with Crippen LogP contribution in [0.25, 0.3) is 0 Å². The van der Waals surface area contributed by atoms with Gasteiger partial charge in [0.15, 0.2) is 0 Å². The minimum absolute atomic E-state index is 0.00454. The molecule has 0 spiro atoms. The fourth-order valence-electron chi connectivity index (χ4n) is 3.40. The third kappa shape index (κ3) is 4.47. The molecule has 1 fully saturated rings. The molecular formula is C21H24N2O2. The van der Waals surface area contributed by atoms with E-state index in [2.05, 4.69) is 40.5 Å². The van der Waals surface area contributed by atoms with E-state index in [1.165, 1.54) is 12.5 Å². The molecule has 1 N–H and O–H groups in total. The SMILES string of the molecule is CC(=O)NCc1ccc(C2CCN(c3cccc(C=O)c3)CC2)cc1. The summed E-state index contributed by atoms with van der Waals surface area (Å²) < 4.78 is 0. The van der Waals surface area contributed by atoms with E-state index >= 15 is 0 Å². The highest BCUT2D eigenvalue weighted by Gasteiger charge is 2.20. The van der Waals surface area contributed by atoms with Crippen LogP contribution in [0.2, 0.25) is 0 Å². The van der Waals surface area contributed by atoms with E-state index < -0.39 is 0 Å². The largest absolute Gasteiger partial charge is 0.371 e. The van der Waals surface area contributed by atoms with Crippen molar-refractivity contribution in [1.29, 1.82) is 0 Å². The van der Waals surface area contributed by atoms with E-state index in [1.807, 2.05) is 18.2 Å². The number of aldehydes is 1. The summed E-state index contributed by atoms with van der Waals surface area (Å²) in [5, 5.41) is 2.82. The van der Waals surface area contributed by atoms with Gasteiger partial charge in [-0.3, -0.25) is 9.59 Å². The first kappa shape index (κ1) is 17.2. The number of nitrogens with one attached hydrogen (secondary N) is 1. The molecule has 4 heteroatoms. The molecule has 0 aliphatic carbocycles. The van der Waals surface area contributed by atoms with Gasteiger partial charge in [-0.2, -0.15) is 0 Å². The molecule has 0 radical (unpaired) electrons. The first-order valence-corrected chi connectivity index (χ1v) is 8.79. The monoisotopic (exact) mass is 336 g/mol. The van der Waals surface area contributed by atoms with Gasteiger partial charge in [-0.1, -0.05) is 36.4 Å². The van der Waals surface area contributed by atoms with Gasteiger partial charge in [-0.05, 0) is 42.0 Å². The van der Waals surface area contributed by atoms with Crippen molar-refractivity contribution in [2.45, 2.75) is 32.2 Å². The molecule has 0 unspecified atom stereocenters. The van der Waals surface area contributed by atoms with Crippen molar-refractivity contribution in [2.24, 2.45) is 0 Å². The number of anilines is 1. The van der Waals surface area contributed by atoms with E-state index in [4.69, 9.17) is 0 Å². The lowest BCUT2D eigenvalue weighted by atomic mass is 9.88. The van der Waals surface area contributed by atoms with Crippen molar-refractivity contribution in [3.63, 3.8) is 0 Å². The maximum Gasteiger partial charge on any atom is 0.217 e. The Kier molecular flexibility index (Phi) is 5.49. The molecule has 25 heavy (non-hydrogen) atoms. The van der Waals surface area contributed by atoms with E-state index in [1.54, 1.807) is 0 Å². The summed E-state index contributed by atoms with van der Waals surface area (Å²) in [5.74, 6) is 0.565. The summed E-state index contributed by atoms with van der Waals surface area (Å²) >= 11 is 0. The number of carbonyl (C=O) groups excluding carboxylic acids is 2. The van der Waals surface area contributed by atoms with Gasteiger partial charge in [0.1, 0.15) is 6.29 Å². The maximum atomic E-state index is 11.0. The molecular weight excluding hydrogens is 312 g/mol. The van der Waals surface area contributed by atoms with Crippen LogP contribution < -0.4 is 10.2 Å². The van der Waals surface area contributed by atoms with Crippen molar-refractivity contribution in [1.82, 2.24) is 5.32 Å². The number of benzene rings is 2. The van der Waals surface area contributed by atoms with Crippen LogP contribution in [0.3, 0.4) is 0 Å². The molecule has 1 amide bonds. The Morgan fingerprint density at radius 2 is 1.88 bits per heavy atom. The number of hydrogen-bond acceptors (Lipinski definition) is 3. The molecule has 1 saturated heterocycles. The van der Waals surface area contributed by atoms with Gasteiger partial charge in [0, 0.05) is 37.8 Å². The fraction of sp³-hybridized carbons (Fsp3) is 0.333. The van der Waals surface area contributed by atoms with Gasteiger partial charge >= 0.3 is 0 Å². The second kappa shape index (κ2) is 7.97. The Labute approximate surface area is 148 Å². The Hall–Kier alpha value is -2.62. The highest BCUT2D eigenvalue weighted by Crippen LogP contribution is 2.30. The van der Waals surface area contributed by atoms with Crippen LogP contribution >= 0.6 is 0 Å². The van der Waals surface area contributed by atoms with E-state index in [-0.39, 0.29) is 5.91 Å². The fourth-order valence-corrected chi connectivity index (χ4v) is 3.40. The Morgan fingerprint density at radius 1 is 1.16 bits per heavy atom. The quantitative estimate of drug-likeness (QED) is 0.850. The second-order valence-corrected chi connectivity index (χ2v) is 6.63. The molecule has 0 atom stereocenters. The third-order valence-corrected chi connectivity index (χ3v) is 4.86. The zero-order valence-corrected chi connectivity index (χ0v) is 14.6. The predicted octanol–water partition coefficient (Wildman–Crippen LogP) is 3.52. The van der Waals surface area contributed by atoms with Crippen LogP contribution in [0.15, 0.2) is 48.5 Å². The summed E-state index contributed by atoms with van der Waals surface area (Å²) in [4.78, 5) is 24.3. The molecule has 130 valence electrons. The Bertz CT molecular complexity index is 732. The predicted molar refractivity (Wildman–Crippen MR) is 100.0 cm³/mol. The number of nitrogens with zero attached hydrogens (tertiary/aromatic N) is 1.